The average Bonchev–Trinajstić information content (AvgIpc) is 3.36. The maximum absolute atomic E-state index is 5.50. The molecule has 6 nitrogen and oxygen atoms in total. The van der Waals surface area contributed by atoms with Gasteiger partial charge in [-0.15, -0.1) is 10.2 Å². The van der Waals surface area contributed by atoms with Crippen molar-refractivity contribution in [2.75, 3.05) is 0 Å². The van der Waals surface area contributed by atoms with Gasteiger partial charge < -0.3 is 9.09 Å². The van der Waals surface area contributed by atoms with Gasteiger partial charge in [0.15, 0.2) is 11.0 Å². The molecule has 0 bridgehead atoms. The summed E-state index contributed by atoms with van der Waals surface area (Å²) in [5.74, 6) is 2.05. The Morgan fingerprint density at radius 3 is 2.54 bits per heavy atom. The summed E-state index contributed by atoms with van der Waals surface area (Å²) in [6.07, 6.45) is 0. The summed E-state index contributed by atoms with van der Waals surface area (Å²) in [6.45, 7) is 7.00. The van der Waals surface area contributed by atoms with E-state index in [1.807, 2.05) is 49.4 Å². The summed E-state index contributed by atoms with van der Waals surface area (Å²) in [5.41, 5.74) is 3.22. The fourth-order valence-corrected chi connectivity index (χ4v) is 3.94. The van der Waals surface area contributed by atoms with E-state index < -0.39 is 0 Å². The van der Waals surface area contributed by atoms with Gasteiger partial charge in [-0.1, -0.05) is 71.5 Å². The first-order valence-electron chi connectivity index (χ1n) is 9.22. The molecule has 1 atom stereocenters. The first kappa shape index (κ1) is 18.4. The molecule has 0 spiro atoms. The molecular formula is C21H21N5OS. The van der Waals surface area contributed by atoms with Crippen LogP contribution in [0, 0.1) is 6.92 Å². The molecule has 0 amide bonds. The van der Waals surface area contributed by atoms with E-state index in [9.17, 15) is 0 Å². The van der Waals surface area contributed by atoms with Crippen LogP contribution < -0.4 is 0 Å². The van der Waals surface area contributed by atoms with E-state index in [0.717, 1.165) is 28.7 Å². The monoisotopic (exact) mass is 391 g/mol. The Morgan fingerprint density at radius 2 is 1.79 bits per heavy atom. The van der Waals surface area contributed by atoms with Crippen molar-refractivity contribution in [2.45, 2.75) is 37.7 Å². The number of aryl methyl sites for hydroxylation is 1. The fraction of sp³-hybridized carbons (Fsp3) is 0.238. The molecule has 0 aliphatic carbocycles. The lowest BCUT2D eigenvalue weighted by Gasteiger charge is -2.10. The first-order valence-corrected chi connectivity index (χ1v) is 10.1. The predicted octanol–water partition coefficient (Wildman–Crippen LogP) is 5.18. The van der Waals surface area contributed by atoms with Crippen LogP contribution in [0.4, 0.5) is 0 Å². The molecule has 0 N–H and O–H groups in total. The van der Waals surface area contributed by atoms with Crippen LogP contribution in [-0.4, -0.2) is 24.9 Å². The number of nitrogens with zero attached hydrogens (tertiary/aromatic N) is 5. The second-order valence-electron chi connectivity index (χ2n) is 6.45. The zero-order valence-corrected chi connectivity index (χ0v) is 16.8. The summed E-state index contributed by atoms with van der Waals surface area (Å²) < 4.78 is 7.62. The molecule has 1 unspecified atom stereocenters. The predicted molar refractivity (Wildman–Crippen MR) is 110 cm³/mol. The molecule has 7 heteroatoms. The van der Waals surface area contributed by atoms with Crippen molar-refractivity contribution in [2.24, 2.45) is 0 Å². The third-order valence-electron chi connectivity index (χ3n) is 4.52. The second kappa shape index (κ2) is 7.98. The van der Waals surface area contributed by atoms with E-state index in [2.05, 4.69) is 50.9 Å². The van der Waals surface area contributed by atoms with Crippen LogP contribution >= 0.6 is 11.8 Å². The Hall–Kier alpha value is -2.93. The summed E-state index contributed by atoms with van der Waals surface area (Å²) in [5, 5.41) is 13.8. The van der Waals surface area contributed by atoms with E-state index in [4.69, 9.17) is 4.52 Å². The molecule has 142 valence electrons. The summed E-state index contributed by atoms with van der Waals surface area (Å²) in [7, 11) is 0. The number of aromatic nitrogens is 5. The molecule has 0 fully saturated rings. The van der Waals surface area contributed by atoms with E-state index >= 15 is 0 Å². The smallest absolute Gasteiger partial charge is 0.240 e. The maximum Gasteiger partial charge on any atom is 0.240 e. The highest BCUT2D eigenvalue weighted by molar-refractivity contribution is 7.99. The van der Waals surface area contributed by atoms with Crippen LogP contribution in [0.2, 0.25) is 0 Å². The Bertz CT molecular complexity index is 1070. The van der Waals surface area contributed by atoms with Gasteiger partial charge in [0, 0.05) is 17.7 Å². The van der Waals surface area contributed by atoms with Crippen molar-refractivity contribution < 1.29 is 4.52 Å². The molecule has 0 saturated heterocycles. The van der Waals surface area contributed by atoms with E-state index in [-0.39, 0.29) is 5.25 Å². The standard InChI is InChI=1S/C21H21N5OS/c1-4-26-19(17-13-9-8-10-14(17)2)23-24-21(26)28-15(3)20-22-18(25-27-20)16-11-6-5-7-12-16/h5-13,15H,4H2,1-3H3. The lowest BCUT2D eigenvalue weighted by atomic mass is 10.1. The molecular weight excluding hydrogens is 370 g/mol. The largest absolute Gasteiger partial charge is 0.338 e. The number of hydrogen-bond donors (Lipinski definition) is 0. The lowest BCUT2D eigenvalue weighted by Crippen LogP contribution is -2.01. The molecule has 2 aromatic carbocycles. The minimum Gasteiger partial charge on any atom is -0.338 e. The van der Waals surface area contributed by atoms with E-state index in [0.29, 0.717) is 11.7 Å². The first-order chi connectivity index (χ1) is 13.7. The highest BCUT2D eigenvalue weighted by Crippen LogP contribution is 2.35. The highest BCUT2D eigenvalue weighted by Gasteiger charge is 2.21. The second-order valence-corrected chi connectivity index (χ2v) is 7.76. The topological polar surface area (TPSA) is 69.6 Å². The zero-order chi connectivity index (χ0) is 19.5. The van der Waals surface area contributed by atoms with Crippen LogP contribution in [0.25, 0.3) is 22.8 Å². The molecule has 0 aliphatic rings. The summed E-state index contributed by atoms with van der Waals surface area (Å²) in [6, 6.07) is 18.0. The quantitative estimate of drug-likeness (QED) is 0.422. The average molecular weight is 392 g/mol. The van der Waals surface area contributed by atoms with Gasteiger partial charge in [-0.25, -0.2) is 0 Å². The highest BCUT2D eigenvalue weighted by atomic mass is 32.2. The van der Waals surface area contributed by atoms with Gasteiger partial charge in [0.2, 0.25) is 11.7 Å². The van der Waals surface area contributed by atoms with Gasteiger partial charge in [0.1, 0.15) is 0 Å². The van der Waals surface area contributed by atoms with Crippen molar-refractivity contribution >= 4 is 11.8 Å². The van der Waals surface area contributed by atoms with Gasteiger partial charge in [-0.05, 0) is 26.3 Å². The summed E-state index contributed by atoms with van der Waals surface area (Å²) in [4.78, 5) is 4.56. The Kier molecular flexibility index (Phi) is 5.25. The van der Waals surface area contributed by atoms with Gasteiger partial charge in [0.05, 0.1) is 5.25 Å². The minimum atomic E-state index is -0.0378. The Balaban J connectivity index is 1.58. The maximum atomic E-state index is 5.50. The third-order valence-corrected chi connectivity index (χ3v) is 5.59. The van der Waals surface area contributed by atoms with Gasteiger partial charge in [-0.2, -0.15) is 4.98 Å². The van der Waals surface area contributed by atoms with Gasteiger partial charge in [0.25, 0.3) is 0 Å². The number of hydrogen-bond acceptors (Lipinski definition) is 6. The Labute approximate surface area is 168 Å². The normalized spacial score (nSPS) is 12.2. The van der Waals surface area contributed by atoms with Crippen molar-refractivity contribution in [3.63, 3.8) is 0 Å². The van der Waals surface area contributed by atoms with E-state index in [1.54, 1.807) is 11.8 Å². The molecule has 2 heterocycles. The number of benzene rings is 2. The van der Waals surface area contributed by atoms with E-state index in [1.165, 1.54) is 5.56 Å². The third kappa shape index (κ3) is 3.57. The molecule has 0 radical (unpaired) electrons. The van der Waals surface area contributed by atoms with Crippen molar-refractivity contribution in [1.29, 1.82) is 0 Å². The SMILES string of the molecule is CCn1c(SC(C)c2nc(-c3ccccc3)no2)nnc1-c1ccccc1C. The van der Waals surface area contributed by atoms with Crippen molar-refractivity contribution in [3.05, 3.63) is 66.1 Å². The molecule has 2 aromatic heterocycles. The summed E-state index contributed by atoms with van der Waals surface area (Å²) >= 11 is 1.57. The minimum absolute atomic E-state index is 0.0378. The molecule has 0 saturated carbocycles. The Morgan fingerprint density at radius 1 is 1.04 bits per heavy atom. The van der Waals surface area contributed by atoms with Crippen LogP contribution in [-0.2, 0) is 6.54 Å². The molecule has 0 aliphatic heterocycles. The van der Waals surface area contributed by atoms with Crippen LogP contribution in [0.5, 0.6) is 0 Å². The van der Waals surface area contributed by atoms with Crippen LogP contribution in [0.15, 0.2) is 64.3 Å². The van der Waals surface area contributed by atoms with Gasteiger partial charge >= 0.3 is 0 Å². The van der Waals surface area contributed by atoms with Gasteiger partial charge in [-0.3, -0.25) is 0 Å². The van der Waals surface area contributed by atoms with Crippen LogP contribution in [0.3, 0.4) is 0 Å². The zero-order valence-electron chi connectivity index (χ0n) is 16.0. The molecule has 4 aromatic rings. The molecule has 28 heavy (non-hydrogen) atoms. The lowest BCUT2D eigenvalue weighted by molar-refractivity contribution is 0.380. The number of thioether (sulfide) groups is 1. The van der Waals surface area contributed by atoms with Crippen LogP contribution in [0.1, 0.15) is 30.6 Å². The van der Waals surface area contributed by atoms with Crippen molar-refractivity contribution in [3.8, 4) is 22.8 Å². The fourth-order valence-electron chi connectivity index (χ4n) is 3.00. The molecule has 4 rings (SSSR count). The number of rotatable bonds is 6. The van der Waals surface area contributed by atoms with Crippen molar-refractivity contribution in [1.82, 2.24) is 24.9 Å².